The third-order valence-electron chi connectivity index (χ3n) is 4.06. The van der Waals surface area contributed by atoms with Crippen LogP contribution in [0.25, 0.3) is 0 Å². The van der Waals surface area contributed by atoms with Crippen molar-refractivity contribution < 1.29 is 4.79 Å². The Morgan fingerprint density at radius 2 is 1.83 bits per heavy atom. The number of hydrogen-bond acceptors (Lipinski definition) is 2. The van der Waals surface area contributed by atoms with E-state index in [1.54, 1.807) is 7.05 Å². The Kier molecular flexibility index (Phi) is 6.69. The van der Waals surface area contributed by atoms with Crippen LogP contribution < -0.4 is 10.6 Å². The van der Waals surface area contributed by atoms with Gasteiger partial charge in [-0.05, 0) is 43.6 Å². The highest BCUT2D eigenvalue weighted by Crippen LogP contribution is 2.27. The molecule has 0 aliphatic heterocycles. The maximum Gasteiger partial charge on any atom is 0.236 e. The second kappa shape index (κ2) is 7.78. The summed E-state index contributed by atoms with van der Waals surface area (Å²) in [6.07, 6.45) is 6.25. The molecule has 2 N–H and O–H groups in total. The fraction of sp³-hybridized carbons (Fsp3) is 0.933. The van der Waals surface area contributed by atoms with Crippen LogP contribution in [0.3, 0.4) is 0 Å². The highest BCUT2D eigenvalue weighted by atomic mass is 16.2. The van der Waals surface area contributed by atoms with Crippen molar-refractivity contribution >= 4 is 5.91 Å². The molecule has 1 fully saturated rings. The maximum atomic E-state index is 11.8. The van der Waals surface area contributed by atoms with Gasteiger partial charge < -0.3 is 10.6 Å². The molecule has 3 nitrogen and oxygen atoms in total. The SMILES string of the molecule is CNC(=O)C(CC(C)C)NCC1CCC(C)CC1. The fourth-order valence-electron chi connectivity index (χ4n) is 2.77. The quantitative estimate of drug-likeness (QED) is 0.765. The molecule has 1 unspecified atom stereocenters. The van der Waals surface area contributed by atoms with E-state index in [0.29, 0.717) is 5.92 Å². The molecule has 1 amide bonds. The summed E-state index contributed by atoms with van der Waals surface area (Å²) in [6.45, 7) is 7.67. The molecule has 18 heavy (non-hydrogen) atoms. The topological polar surface area (TPSA) is 41.1 Å². The lowest BCUT2D eigenvalue weighted by Gasteiger charge is -2.28. The summed E-state index contributed by atoms with van der Waals surface area (Å²) < 4.78 is 0. The van der Waals surface area contributed by atoms with E-state index >= 15 is 0 Å². The lowest BCUT2D eigenvalue weighted by Crippen LogP contribution is -2.45. The summed E-state index contributed by atoms with van der Waals surface area (Å²) in [4.78, 5) is 11.8. The van der Waals surface area contributed by atoms with E-state index in [1.807, 2.05) is 0 Å². The zero-order chi connectivity index (χ0) is 13.5. The Labute approximate surface area is 112 Å². The maximum absolute atomic E-state index is 11.8. The minimum Gasteiger partial charge on any atom is -0.358 e. The fourth-order valence-corrected chi connectivity index (χ4v) is 2.77. The summed E-state index contributed by atoms with van der Waals surface area (Å²) in [5.74, 6) is 2.34. The third-order valence-corrected chi connectivity index (χ3v) is 4.06. The minimum absolute atomic E-state index is 0.0191. The van der Waals surface area contributed by atoms with Crippen molar-refractivity contribution in [3.8, 4) is 0 Å². The van der Waals surface area contributed by atoms with Crippen molar-refractivity contribution in [2.75, 3.05) is 13.6 Å². The average Bonchev–Trinajstić information content (AvgIpc) is 2.35. The van der Waals surface area contributed by atoms with Crippen LogP contribution in [-0.2, 0) is 4.79 Å². The molecule has 0 spiro atoms. The molecule has 0 radical (unpaired) electrons. The molecule has 0 saturated heterocycles. The second-order valence-electron chi connectivity index (χ2n) is 6.33. The molecule has 1 aliphatic rings. The molecule has 0 aromatic carbocycles. The molecule has 1 rings (SSSR count). The second-order valence-corrected chi connectivity index (χ2v) is 6.33. The van der Waals surface area contributed by atoms with E-state index < -0.39 is 0 Å². The van der Waals surface area contributed by atoms with E-state index in [1.165, 1.54) is 25.7 Å². The van der Waals surface area contributed by atoms with Gasteiger partial charge in [-0.25, -0.2) is 0 Å². The standard InChI is InChI=1S/C15H30N2O/c1-11(2)9-14(15(18)16-4)17-10-13-7-5-12(3)6-8-13/h11-14,17H,5-10H2,1-4H3,(H,16,18). The Hall–Kier alpha value is -0.570. The number of nitrogens with one attached hydrogen (secondary N) is 2. The zero-order valence-corrected chi connectivity index (χ0v) is 12.5. The van der Waals surface area contributed by atoms with Crippen molar-refractivity contribution in [3.63, 3.8) is 0 Å². The van der Waals surface area contributed by atoms with Gasteiger partial charge in [0.2, 0.25) is 5.91 Å². The molecule has 3 heteroatoms. The number of likely N-dealkylation sites (N-methyl/N-ethyl adjacent to an activating group) is 1. The Morgan fingerprint density at radius 3 is 2.33 bits per heavy atom. The van der Waals surface area contributed by atoms with Crippen LogP contribution >= 0.6 is 0 Å². The van der Waals surface area contributed by atoms with Gasteiger partial charge in [0, 0.05) is 7.05 Å². The van der Waals surface area contributed by atoms with Gasteiger partial charge in [0.1, 0.15) is 0 Å². The average molecular weight is 254 g/mol. The van der Waals surface area contributed by atoms with Crippen molar-refractivity contribution in [2.45, 2.75) is 58.9 Å². The van der Waals surface area contributed by atoms with Gasteiger partial charge in [-0.2, -0.15) is 0 Å². The normalized spacial score (nSPS) is 26.1. The first-order valence-corrected chi connectivity index (χ1v) is 7.47. The molecular formula is C15H30N2O. The summed E-state index contributed by atoms with van der Waals surface area (Å²) in [5.41, 5.74) is 0. The van der Waals surface area contributed by atoms with E-state index in [4.69, 9.17) is 0 Å². The minimum atomic E-state index is -0.0191. The van der Waals surface area contributed by atoms with E-state index in [0.717, 1.165) is 24.8 Å². The predicted molar refractivity (Wildman–Crippen MR) is 76.4 cm³/mol. The molecule has 1 aliphatic carbocycles. The molecule has 0 aromatic heterocycles. The number of hydrogen-bond donors (Lipinski definition) is 2. The Bertz CT molecular complexity index is 245. The number of rotatable bonds is 6. The van der Waals surface area contributed by atoms with Crippen molar-refractivity contribution in [3.05, 3.63) is 0 Å². The first-order chi connectivity index (χ1) is 8.52. The molecule has 0 bridgehead atoms. The van der Waals surface area contributed by atoms with Crippen LogP contribution in [0.5, 0.6) is 0 Å². The number of amides is 1. The first-order valence-electron chi connectivity index (χ1n) is 7.47. The Balaban J connectivity index is 2.34. The first kappa shape index (κ1) is 15.5. The van der Waals surface area contributed by atoms with Gasteiger partial charge in [0.15, 0.2) is 0 Å². The lowest BCUT2D eigenvalue weighted by atomic mass is 9.83. The van der Waals surface area contributed by atoms with Crippen molar-refractivity contribution in [1.82, 2.24) is 10.6 Å². The largest absolute Gasteiger partial charge is 0.358 e. The summed E-state index contributed by atoms with van der Waals surface area (Å²) in [6, 6.07) is -0.0191. The smallest absolute Gasteiger partial charge is 0.236 e. The van der Waals surface area contributed by atoms with Crippen LogP contribution in [0.15, 0.2) is 0 Å². The molecule has 1 saturated carbocycles. The van der Waals surface area contributed by atoms with Gasteiger partial charge >= 0.3 is 0 Å². The van der Waals surface area contributed by atoms with Crippen LogP contribution in [0.4, 0.5) is 0 Å². The number of carbonyl (C=O) groups is 1. The zero-order valence-electron chi connectivity index (χ0n) is 12.5. The van der Waals surface area contributed by atoms with Crippen molar-refractivity contribution in [2.24, 2.45) is 17.8 Å². The molecule has 0 aromatic rings. The Morgan fingerprint density at radius 1 is 1.22 bits per heavy atom. The van der Waals surface area contributed by atoms with E-state index in [9.17, 15) is 4.79 Å². The molecular weight excluding hydrogens is 224 g/mol. The third kappa shape index (κ3) is 5.38. The van der Waals surface area contributed by atoms with Crippen LogP contribution in [0.2, 0.25) is 0 Å². The van der Waals surface area contributed by atoms with Crippen LogP contribution in [0.1, 0.15) is 52.9 Å². The molecule has 106 valence electrons. The van der Waals surface area contributed by atoms with E-state index in [-0.39, 0.29) is 11.9 Å². The van der Waals surface area contributed by atoms with Crippen LogP contribution in [0, 0.1) is 17.8 Å². The summed E-state index contributed by atoms with van der Waals surface area (Å²) in [7, 11) is 1.72. The van der Waals surface area contributed by atoms with Gasteiger partial charge in [0.25, 0.3) is 0 Å². The molecule has 1 atom stereocenters. The summed E-state index contributed by atoms with van der Waals surface area (Å²) >= 11 is 0. The van der Waals surface area contributed by atoms with Gasteiger partial charge in [0.05, 0.1) is 6.04 Å². The van der Waals surface area contributed by atoms with Gasteiger partial charge in [-0.15, -0.1) is 0 Å². The van der Waals surface area contributed by atoms with Crippen LogP contribution in [-0.4, -0.2) is 25.5 Å². The monoisotopic (exact) mass is 254 g/mol. The van der Waals surface area contributed by atoms with Gasteiger partial charge in [-0.1, -0.05) is 33.6 Å². The lowest BCUT2D eigenvalue weighted by molar-refractivity contribution is -0.123. The summed E-state index contributed by atoms with van der Waals surface area (Å²) in [5, 5.41) is 6.24. The van der Waals surface area contributed by atoms with E-state index in [2.05, 4.69) is 31.4 Å². The predicted octanol–water partition coefficient (Wildman–Crippen LogP) is 2.56. The highest BCUT2D eigenvalue weighted by molar-refractivity contribution is 5.81. The highest BCUT2D eigenvalue weighted by Gasteiger charge is 2.22. The van der Waals surface area contributed by atoms with Crippen molar-refractivity contribution in [1.29, 1.82) is 0 Å². The molecule has 0 heterocycles. The number of carbonyl (C=O) groups excluding carboxylic acids is 1. The van der Waals surface area contributed by atoms with Gasteiger partial charge in [-0.3, -0.25) is 4.79 Å².